The topological polar surface area (TPSA) is 107 Å². The fourth-order valence-corrected chi connectivity index (χ4v) is 6.83. The zero-order valence-electron chi connectivity index (χ0n) is 18.4. The Morgan fingerprint density at radius 2 is 1.84 bits per heavy atom. The van der Waals surface area contributed by atoms with Crippen LogP contribution in [0.2, 0.25) is 0 Å². The molecular weight excluding hydrogens is 430 g/mol. The molecular formula is C24H27NO6S. The zero-order valence-corrected chi connectivity index (χ0v) is 19.2. The lowest BCUT2D eigenvalue weighted by atomic mass is 9.93. The van der Waals surface area contributed by atoms with Crippen LogP contribution in [-0.2, 0) is 33.9 Å². The van der Waals surface area contributed by atoms with Crippen LogP contribution in [-0.4, -0.2) is 31.9 Å². The van der Waals surface area contributed by atoms with Crippen LogP contribution in [0.25, 0.3) is 21.9 Å². The Balaban J connectivity index is 1.45. The van der Waals surface area contributed by atoms with Crippen molar-refractivity contribution < 1.29 is 22.0 Å². The van der Waals surface area contributed by atoms with Crippen molar-refractivity contribution >= 4 is 37.7 Å². The molecule has 1 aliphatic heterocycles. The maximum Gasteiger partial charge on any atom is 0.339 e. The van der Waals surface area contributed by atoms with Gasteiger partial charge in [-0.1, -0.05) is 0 Å². The van der Waals surface area contributed by atoms with Crippen LogP contribution >= 0.6 is 0 Å². The second-order valence-electron chi connectivity index (χ2n) is 9.13. The number of fused-ring (bicyclic) bond motifs is 4. The van der Waals surface area contributed by atoms with Crippen molar-refractivity contribution in [2.75, 3.05) is 11.5 Å². The van der Waals surface area contributed by atoms with E-state index in [9.17, 15) is 18.0 Å². The molecule has 1 aromatic carbocycles. The van der Waals surface area contributed by atoms with Gasteiger partial charge < -0.3 is 14.2 Å². The summed E-state index contributed by atoms with van der Waals surface area (Å²) in [5.74, 6) is 0.883. The Labute approximate surface area is 186 Å². The molecule has 0 spiro atoms. The molecule has 2 aliphatic rings. The van der Waals surface area contributed by atoms with E-state index in [2.05, 4.69) is 11.4 Å². The molecule has 5 rings (SSSR count). The van der Waals surface area contributed by atoms with E-state index in [0.717, 1.165) is 58.9 Å². The predicted molar refractivity (Wildman–Crippen MR) is 122 cm³/mol. The van der Waals surface area contributed by atoms with Crippen LogP contribution in [0, 0.1) is 13.8 Å². The second-order valence-corrected chi connectivity index (χ2v) is 11.4. The summed E-state index contributed by atoms with van der Waals surface area (Å²) in [5, 5.41) is 4.75. The first-order valence-electron chi connectivity index (χ1n) is 11.2. The summed E-state index contributed by atoms with van der Waals surface area (Å²) in [6.45, 7) is 3.82. The van der Waals surface area contributed by atoms with Gasteiger partial charge in [-0.2, -0.15) is 0 Å². The van der Waals surface area contributed by atoms with Gasteiger partial charge in [0.05, 0.1) is 11.5 Å². The van der Waals surface area contributed by atoms with Gasteiger partial charge in [0.15, 0.2) is 9.84 Å². The number of rotatable bonds is 4. The molecule has 32 heavy (non-hydrogen) atoms. The first kappa shape index (κ1) is 21.2. The molecule has 1 saturated heterocycles. The minimum absolute atomic E-state index is 0.0137. The third-order valence-electron chi connectivity index (χ3n) is 6.92. The molecule has 8 heteroatoms. The van der Waals surface area contributed by atoms with Crippen LogP contribution in [0.1, 0.15) is 53.7 Å². The molecule has 2 aromatic heterocycles. The summed E-state index contributed by atoms with van der Waals surface area (Å²) in [4.78, 5) is 25.1. The molecule has 1 amide bonds. The smallest absolute Gasteiger partial charge is 0.339 e. The highest BCUT2D eigenvalue weighted by atomic mass is 32.2. The number of carbonyl (C=O) groups is 1. The van der Waals surface area contributed by atoms with E-state index < -0.39 is 15.5 Å². The third kappa shape index (κ3) is 3.64. The van der Waals surface area contributed by atoms with Crippen molar-refractivity contribution in [2.45, 2.75) is 64.8 Å². The first-order valence-corrected chi connectivity index (χ1v) is 13.1. The van der Waals surface area contributed by atoms with Crippen molar-refractivity contribution in [3.8, 4) is 0 Å². The Bertz CT molecular complexity index is 1410. The summed E-state index contributed by atoms with van der Waals surface area (Å²) in [5.41, 5.74) is 4.30. The van der Waals surface area contributed by atoms with Gasteiger partial charge in [0.2, 0.25) is 5.91 Å². The van der Waals surface area contributed by atoms with Crippen LogP contribution in [0.5, 0.6) is 0 Å². The average molecular weight is 458 g/mol. The Kier molecular flexibility index (Phi) is 5.15. The van der Waals surface area contributed by atoms with E-state index in [1.807, 2.05) is 13.8 Å². The number of sulfone groups is 1. The minimum Gasteiger partial charge on any atom is -0.460 e. The van der Waals surface area contributed by atoms with Gasteiger partial charge in [-0.25, -0.2) is 13.2 Å². The fraction of sp³-hybridized carbons (Fsp3) is 0.500. The van der Waals surface area contributed by atoms with Crippen molar-refractivity contribution in [1.29, 1.82) is 0 Å². The molecule has 1 aliphatic carbocycles. The molecule has 3 heterocycles. The van der Waals surface area contributed by atoms with Crippen LogP contribution in [0.4, 0.5) is 0 Å². The number of furan rings is 1. The number of carbonyl (C=O) groups excluding carboxylic acids is 1. The number of aryl methyl sites for hydroxylation is 4. The monoisotopic (exact) mass is 457 g/mol. The van der Waals surface area contributed by atoms with Gasteiger partial charge in [0, 0.05) is 46.3 Å². The Hall–Kier alpha value is -2.61. The maximum atomic E-state index is 12.8. The van der Waals surface area contributed by atoms with Gasteiger partial charge in [-0.3, -0.25) is 4.79 Å². The predicted octanol–water partition coefficient (Wildman–Crippen LogP) is 3.27. The second kappa shape index (κ2) is 7.76. The summed E-state index contributed by atoms with van der Waals surface area (Å²) >= 11 is 0. The Morgan fingerprint density at radius 1 is 1.09 bits per heavy atom. The van der Waals surface area contributed by atoms with E-state index in [1.54, 1.807) is 0 Å². The normalized spacial score (nSPS) is 20.0. The van der Waals surface area contributed by atoms with Gasteiger partial charge in [-0.05, 0) is 57.6 Å². The van der Waals surface area contributed by atoms with Gasteiger partial charge in [0.25, 0.3) is 0 Å². The molecule has 7 nitrogen and oxygen atoms in total. The zero-order chi connectivity index (χ0) is 22.6. The highest BCUT2D eigenvalue weighted by Crippen LogP contribution is 2.38. The summed E-state index contributed by atoms with van der Waals surface area (Å²) in [7, 11) is -3.06. The lowest BCUT2D eigenvalue weighted by Crippen LogP contribution is -2.35. The molecule has 1 unspecified atom stereocenters. The van der Waals surface area contributed by atoms with Crippen molar-refractivity contribution in [3.05, 3.63) is 44.5 Å². The molecule has 1 N–H and O–H groups in total. The summed E-state index contributed by atoms with van der Waals surface area (Å²) < 4.78 is 35.0. The van der Waals surface area contributed by atoms with Crippen molar-refractivity contribution in [2.24, 2.45) is 0 Å². The van der Waals surface area contributed by atoms with Gasteiger partial charge in [-0.15, -0.1) is 0 Å². The standard InChI is InChI=1S/C24H27NO6S/c1-13-16(7-8-21(26)25-15-9-10-32(28,29)12-15)24(27)31-22-14(2)23-19(11-18(13)22)17-5-3-4-6-20(17)30-23/h11,15H,3-10,12H2,1-2H3,(H,25,26). The molecule has 0 radical (unpaired) electrons. The molecule has 170 valence electrons. The van der Waals surface area contributed by atoms with Gasteiger partial charge >= 0.3 is 5.63 Å². The number of benzene rings is 1. The average Bonchev–Trinajstić information content (AvgIpc) is 3.28. The van der Waals surface area contributed by atoms with Crippen molar-refractivity contribution in [1.82, 2.24) is 5.32 Å². The molecule has 0 bridgehead atoms. The third-order valence-corrected chi connectivity index (χ3v) is 8.69. The lowest BCUT2D eigenvalue weighted by Gasteiger charge is -2.12. The minimum atomic E-state index is -3.06. The molecule has 1 fully saturated rings. The van der Waals surface area contributed by atoms with E-state index in [0.29, 0.717) is 17.6 Å². The van der Waals surface area contributed by atoms with Crippen LogP contribution < -0.4 is 10.9 Å². The van der Waals surface area contributed by atoms with Crippen LogP contribution in [0.3, 0.4) is 0 Å². The van der Waals surface area contributed by atoms with Crippen LogP contribution in [0.15, 0.2) is 19.7 Å². The molecule has 0 saturated carbocycles. The van der Waals surface area contributed by atoms with Gasteiger partial charge in [0.1, 0.15) is 16.9 Å². The summed E-state index contributed by atoms with van der Waals surface area (Å²) in [6, 6.07) is 1.72. The Morgan fingerprint density at radius 3 is 2.59 bits per heavy atom. The SMILES string of the molecule is Cc1c(CCC(=O)NC2CCS(=O)(=O)C2)c(=O)oc2c(C)c3oc4c(c3cc12)CCCC4. The molecule has 3 aromatic rings. The molecule has 1 atom stereocenters. The highest BCUT2D eigenvalue weighted by Gasteiger charge is 2.29. The quantitative estimate of drug-likeness (QED) is 0.603. The maximum absolute atomic E-state index is 12.8. The largest absolute Gasteiger partial charge is 0.460 e. The van der Waals surface area contributed by atoms with E-state index in [-0.39, 0.29) is 36.3 Å². The highest BCUT2D eigenvalue weighted by molar-refractivity contribution is 7.91. The van der Waals surface area contributed by atoms with E-state index in [4.69, 9.17) is 8.83 Å². The first-order chi connectivity index (χ1) is 15.2. The van der Waals surface area contributed by atoms with E-state index in [1.165, 1.54) is 5.56 Å². The van der Waals surface area contributed by atoms with E-state index >= 15 is 0 Å². The van der Waals surface area contributed by atoms with Crippen molar-refractivity contribution in [3.63, 3.8) is 0 Å². The number of amides is 1. The summed E-state index contributed by atoms with van der Waals surface area (Å²) in [6.07, 6.45) is 4.99. The fourth-order valence-electron chi connectivity index (χ4n) is 5.15. The number of nitrogens with one attached hydrogen (secondary N) is 1. The number of hydrogen-bond acceptors (Lipinski definition) is 6. The number of hydrogen-bond donors (Lipinski definition) is 1. The lowest BCUT2D eigenvalue weighted by molar-refractivity contribution is -0.121.